The van der Waals surface area contributed by atoms with Crippen molar-refractivity contribution in [3.63, 3.8) is 0 Å². The molecule has 0 aliphatic rings. The average Bonchev–Trinajstić information content (AvgIpc) is 2.35. The van der Waals surface area contributed by atoms with Gasteiger partial charge in [0.05, 0.1) is 6.20 Å². The van der Waals surface area contributed by atoms with Gasteiger partial charge in [-0.05, 0) is 6.26 Å². The molecule has 4 N–H and O–H groups in total. The van der Waals surface area contributed by atoms with Gasteiger partial charge in [0.25, 0.3) is 0 Å². The first-order valence-electron chi connectivity index (χ1n) is 2.82. The monoisotopic (exact) mass is 188 g/mol. The van der Waals surface area contributed by atoms with Crippen molar-refractivity contribution in [2.24, 2.45) is 10.7 Å². The molecule has 0 atom stereocenters. The van der Waals surface area contributed by atoms with Gasteiger partial charge in [-0.2, -0.15) is 0 Å². The predicted octanol–water partition coefficient (Wildman–Crippen LogP) is 1.03. The highest BCUT2D eigenvalue weighted by molar-refractivity contribution is 8.13. The quantitative estimate of drug-likeness (QED) is 0.510. The topological polar surface area (TPSA) is 77.3 Å². The third kappa shape index (κ3) is 2.39. The van der Waals surface area contributed by atoms with E-state index in [1.54, 1.807) is 6.20 Å². The summed E-state index contributed by atoms with van der Waals surface area (Å²) in [7, 11) is 0. The maximum atomic E-state index is 5.47. The predicted molar refractivity (Wildman–Crippen MR) is 51.3 cm³/mol. The summed E-state index contributed by atoms with van der Waals surface area (Å²) in [6.45, 7) is 0. The van der Waals surface area contributed by atoms with Crippen LogP contribution in [0.15, 0.2) is 11.2 Å². The van der Waals surface area contributed by atoms with Crippen LogP contribution in [0.1, 0.15) is 0 Å². The highest BCUT2D eigenvalue weighted by atomic mass is 32.2. The molecule has 0 aromatic carbocycles. The van der Waals surface area contributed by atoms with Crippen LogP contribution < -0.4 is 11.5 Å². The molecule has 11 heavy (non-hydrogen) atoms. The van der Waals surface area contributed by atoms with Crippen LogP contribution >= 0.6 is 23.1 Å². The minimum Gasteiger partial charge on any atom is -0.378 e. The van der Waals surface area contributed by atoms with E-state index in [1.807, 2.05) is 6.26 Å². The summed E-state index contributed by atoms with van der Waals surface area (Å²) in [5.41, 5.74) is 10.9. The van der Waals surface area contributed by atoms with Gasteiger partial charge >= 0.3 is 0 Å². The first-order valence-corrected chi connectivity index (χ1v) is 4.86. The van der Waals surface area contributed by atoms with Crippen molar-refractivity contribution in [2.75, 3.05) is 12.0 Å². The summed E-state index contributed by atoms with van der Waals surface area (Å²) in [4.78, 5) is 7.86. The summed E-state index contributed by atoms with van der Waals surface area (Å²) >= 11 is 2.71. The molecule has 0 aliphatic carbocycles. The van der Waals surface area contributed by atoms with E-state index in [1.165, 1.54) is 23.1 Å². The zero-order valence-corrected chi connectivity index (χ0v) is 7.58. The minimum absolute atomic E-state index is 0.512. The number of nitrogens with zero attached hydrogens (tertiary/aromatic N) is 2. The molecule has 1 rings (SSSR count). The number of nitrogen functional groups attached to an aromatic ring is 1. The molecule has 0 amide bonds. The molecule has 1 heterocycles. The Bertz CT molecular complexity index is 267. The molecule has 0 bridgehead atoms. The summed E-state index contributed by atoms with van der Waals surface area (Å²) in [6.07, 6.45) is 3.46. The van der Waals surface area contributed by atoms with Crippen molar-refractivity contribution in [1.29, 1.82) is 0 Å². The average molecular weight is 188 g/mol. The van der Waals surface area contributed by atoms with E-state index >= 15 is 0 Å². The van der Waals surface area contributed by atoms with Gasteiger partial charge in [-0.15, -0.1) is 0 Å². The fourth-order valence-corrected chi connectivity index (χ4v) is 1.30. The fraction of sp³-hybridized carbons (Fsp3) is 0.200. The summed E-state index contributed by atoms with van der Waals surface area (Å²) in [5.74, 6) is 0. The van der Waals surface area contributed by atoms with Crippen molar-refractivity contribution in [3.05, 3.63) is 6.20 Å². The lowest BCUT2D eigenvalue weighted by molar-refractivity contribution is 1.41. The largest absolute Gasteiger partial charge is 0.378 e. The summed E-state index contributed by atoms with van der Waals surface area (Å²) in [5, 5.41) is 1.78. The van der Waals surface area contributed by atoms with Crippen molar-refractivity contribution in [3.8, 4) is 0 Å². The molecule has 0 aliphatic heterocycles. The molecule has 1 aromatic heterocycles. The molecule has 0 fully saturated rings. The third-order valence-corrected chi connectivity index (χ3v) is 2.17. The second-order valence-corrected chi connectivity index (χ2v) is 3.56. The number of rotatable bonds is 1. The Morgan fingerprint density at radius 3 is 3.00 bits per heavy atom. The Morgan fingerprint density at radius 1 is 1.82 bits per heavy atom. The highest BCUT2D eigenvalue weighted by Gasteiger charge is 1.96. The van der Waals surface area contributed by atoms with E-state index in [-0.39, 0.29) is 0 Å². The number of aromatic nitrogens is 1. The van der Waals surface area contributed by atoms with Crippen LogP contribution in [-0.4, -0.2) is 16.4 Å². The molecule has 6 heteroatoms. The van der Waals surface area contributed by atoms with Crippen molar-refractivity contribution in [1.82, 2.24) is 4.98 Å². The van der Waals surface area contributed by atoms with Crippen LogP contribution in [0.3, 0.4) is 0 Å². The Hall–Kier alpha value is -0.750. The number of hydrogen-bond acceptors (Lipinski definition) is 5. The van der Waals surface area contributed by atoms with Gasteiger partial charge in [-0.25, -0.2) is 9.98 Å². The van der Waals surface area contributed by atoms with Gasteiger partial charge in [-0.1, -0.05) is 23.1 Å². The first-order chi connectivity index (χ1) is 5.22. The second-order valence-electron chi connectivity index (χ2n) is 1.69. The normalized spacial score (nSPS) is 11.9. The Kier molecular flexibility index (Phi) is 2.72. The lowest BCUT2D eigenvalue weighted by Crippen LogP contribution is -2.03. The van der Waals surface area contributed by atoms with Gasteiger partial charge < -0.3 is 11.5 Å². The molecular weight excluding hydrogens is 180 g/mol. The Labute approximate surface area is 72.7 Å². The zero-order chi connectivity index (χ0) is 8.27. The molecule has 0 saturated carbocycles. The molecule has 1 aromatic rings. The van der Waals surface area contributed by atoms with E-state index in [0.717, 1.165) is 5.00 Å². The van der Waals surface area contributed by atoms with Crippen LogP contribution in [0.25, 0.3) is 0 Å². The van der Waals surface area contributed by atoms with E-state index in [9.17, 15) is 0 Å². The standard InChI is InChI=1S/C5H8N4S2/c1-10-5(7)9-3-2-8-4(6)11-3/h2H,1H3,(H2,6,8)(H2,7,9). The van der Waals surface area contributed by atoms with Crippen molar-refractivity contribution >= 4 is 38.4 Å². The van der Waals surface area contributed by atoms with Crippen molar-refractivity contribution in [2.45, 2.75) is 0 Å². The van der Waals surface area contributed by atoms with Gasteiger partial charge in [0, 0.05) is 0 Å². The molecule has 4 nitrogen and oxygen atoms in total. The lowest BCUT2D eigenvalue weighted by Gasteiger charge is -1.89. The van der Waals surface area contributed by atoms with Crippen molar-refractivity contribution < 1.29 is 0 Å². The molecule has 0 spiro atoms. The van der Waals surface area contributed by atoms with Crippen LogP contribution in [0.5, 0.6) is 0 Å². The number of anilines is 1. The van der Waals surface area contributed by atoms with E-state index in [2.05, 4.69) is 9.98 Å². The van der Waals surface area contributed by atoms with Gasteiger partial charge in [0.1, 0.15) is 5.00 Å². The zero-order valence-electron chi connectivity index (χ0n) is 5.94. The second kappa shape index (κ2) is 3.59. The smallest absolute Gasteiger partial charge is 0.182 e. The van der Waals surface area contributed by atoms with Crippen LogP contribution in [0.2, 0.25) is 0 Å². The molecule has 0 saturated heterocycles. The molecule has 0 unspecified atom stereocenters. The highest BCUT2D eigenvalue weighted by Crippen LogP contribution is 2.23. The molecular formula is C5H8N4S2. The number of thioether (sulfide) groups is 1. The molecule has 0 radical (unpaired) electrons. The van der Waals surface area contributed by atoms with E-state index < -0.39 is 0 Å². The Morgan fingerprint density at radius 2 is 2.55 bits per heavy atom. The van der Waals surface area contributed by atoms with E-state index in [4.69, 9.17) is 11.5 Å². The third-order valence-electron chi connectivity index (χ3n) is 0.941. The maximum absolute atomic E-state index is 5.47. The Balaban J connectivity index is 2.78. The van der Waals surface area contributed by atoms with E-state index in [0.29, 0.717) is 10.3 Å². The summed E-state index contributed by atoms with van der Waals surface area (Å²) in [6, 6.07) is 0. The van der Waals surface area contributed by atoms with Gasteiger partial charge in [-0.3, -0.25) is 0 Å². The fourth-order valence-electron chi connectivity index (χ4n) is 0.485. The number of thiazole rings is 1. The van der Waals surface area contributed by atoms with Crippen LogP contribution in [-0.2, 0) is 0 Å². The number of hydrogen-bond donors (Lipinski definition) is 2. The SMILES string of the molecule is CSC(N)=Nc1cnc(N)s1. The number of aliphatic imine (C=N–C) groups is 1. The van der Waals surface area contributed by atoms with Crippen LogP contribution in [0.4, 0.5) is 10.1 Å². The maximum Gasteiger partial charge on any atom is 0.182 e. The number of nitrogens with two attached hydrogens (primary N) is 2. The molecule has 60 valence electrons. The first kappa shape index (κ1) is 8.35. The van der Waals surface area contributed by atoms with Crippen LogP contribution in [0, 0.1) is 0 Å². The lowest BCUT2D eigenvalue weighted by atomic mass is 10.8. The minimum atomic E-state index is 0.512. The number of amidine groups is 1. The van der Waals surface area contributed by atoms with Gasteiger partial charge in [0.15, 0.2) is 10.3 Å². The van der Waals surface area contributed by atoms with Gasteiger partial charge in [0.2, 0.25) is 0 Å². The summed E-state index contributed by atoms with van der Waals surface area (Å²) < 4.78 is 0.